The third-order valence-electron chi connectivity index (χ3n) is 3.52. The van der Waals surface area contributed by atoms with Crippen LogP contribution in [0.25, 0.3) is 0 Å². The van der Waals surface area contributed by atoms with Crippen LogP contribution in [0.1, 0.15) is 31.1 Å². The molecule has 0 atom stereocenters. The van der Waals surface area contributed by atoms with Crippen molar-refractivity contribution in [2.75, 3.05) is 25.2 Å². The molecule has 0 aliphatic heterocycles. The summed E-state index contributed by atoms with van der Waals surface area (Å²) in [6.45, 7) is 6.37. The van der Waals surface area contributed by atoms with E-state index in [4.69, 9.17) is 14.2 Å². The molecule has 0 heterocycles. The largest absolute Gasteiger partial charge is 0.490 e. The van der Waals surface area contributed by atoms with Gasteiger partial charge in [0, 0.05) is 5.56 Å². The van der Waals surface area contributed by atoms with E-state index in [1.54, 1.807) is 20.8 Å². The standard InChI is InChI=1S/C19H21F3N2O4/c1-4-26-14-9-11(10-15(27-5-2)18(14)28-6-3)19(25)24-23-13-8-7-12(20)16(21)17(13)22/h7-10,23H,4-6H2,1-3H3,(H,24,25). The molecule has 28 heavy (non-hydrogen) atoms. The van der Waals surface area contributed by atoms with Crippen molar-refractivity contribution in [1.82, 2.24) is 5.43 Å². The predicted molar refractivity (Wildman–Crippen MR) is 97.4 cm³/mol. The summed E-state index contributed by atoms with van der Waals surface area (Å²) in [5.41, 5.74) is 4.16. The zero-order chi connectivity index (χ0) is 20.7. The summed E-state index contributed by atoms with van der Waals surface area (Å²) in [7, 11) is 0. The number of hydrogen-bond acceptors (Lipinski definition) is 5. The maximum Gasteiger partial charge on any atom is 0.269 e. The summed E-state index contributed by atoms with van der Waals surface area (Å²) < 4.78 is 56.6. The van der Waals surface area contributed by atoms with E-state index in [1.165, 1.54) is 12.1 Å². The number of hydrazine groups is 1. The van der Waals surface area contributed by atoms with Crippen molar-refractivity contribution < 1.29 is 32.2 Å². The minimum absolute atomic E-state index is 0.130. The maximum absolute atomic E-state index is 13.7. The molecule has 9 heteroatoms. The lowest BCUT2D eigenvalue weighted by Gasteiger charge is -2.17. The van der Waals surface area contributed by atoms with E-state index in [-0.39, 0.29) is 5.56 Å². The summed E-state index contributed by atoms with van der Waals surface area (Å²) in [5, 5.41) is 0. The molecule has 2 aromatic rings. The van der Waals surface area contributed by atoms with E-state index >= 15 is 0 Å². The average Bonchev–Trinajstić information content (AvgIpc) is 2.68. The Balaban J connectivity index is 2.28. The van der Waals surface area contributed by atoms with Crippen LogP contribution in [-0.4, -0.2) is 25.7 Å². The maximum atomic E-state index is 13.7. The van der Waals surface area contributed by atoms with Gasteiger partial charge in [-0.3, -0.25) is 15.6 Å². The fourth-order valence-electron chi connectivity index (χ4n) is 2.34. The Morgan fingerprint density at radius 3 is 2.00 bits per heavy atom. The van der Waals surface area contributed by atoms with Gasteiger partial charge in [-0.05, 0) is 45.0 Å². The van der Waals surface area contributed by atoms with Crippen molar-refractivity contribution in [3.8, 4) is 17.2 Å². The molecule has 2 aromatic carbocycles. The van der Waals surface area contributed by atoms with E-state index in [9.17, 15) is 18.0 Å². The highest BCUT2D eigenvalue weighted by Crippen LogP contribution is 2.39. The average molecular weight is 398 g/mol. The van der Waals surface area contributed by atoms with Gasteiger partial charge in [-0.15, -0.1) is 0 Å². The van der Waals surface area contributed by atoms with Crippen molar-refractivity contribution in [3.63, 3.8) is 0 Å². The number of carbonyl (C=O) groups is 1. The van der Waals surface area contributed by atoms with Crippen LogP contribution in [0.5, 0.6) is 17.2 Å². The molecule has 152 valence electrons. The van der Waals surface area contributed by atoms with Gasteiger partial charge in [0.2, 0.25) is 5.75 Å². The number of ether oxygens (including phenoxy) is 3. The Morgan fingerprint density at radius 2 is 1.46 bits per heavy atom. The number of rotatable bonds is 9. The number of benzene rings is 2. The summed E-state index contributed by atoms with van der Waals surface area (Å²) in [6, 6.07) is 4.58. The van der Waals surface area contributed by atoms with Crippen molar-refractivity contribution >= 4 is 11.6 Å². The molecular formula is C19H21F3N2O4. The van der Waals surface area contributed by atoms with Gasteiger partial charge in [-0.2, -0.15) is 0 Å². The minimum atomic E-state index is -1.64. The first-order valence-corrected chi connectivity index (χ1v) is 8.69. The van der Waals surface area contributed by atoms with Gasteiger partial charge in [-0.1, -0.05) is 0 Å². The van der Waals surface area contributed by atoms with Crippen LogP contribution in [0.15, 0.2) is 24.3 Å². The first kappa shape index (κ1) is 21.2. The second kappa shape index (κ2) is 9.72. The molecule has 2 rings (SSSR count). The molecule has 0 unspecified atom stereocenters. The second-order valence-electron chi connectivity index (χ2n) is 5.40. The molecule has 0 aliphatic rings. The minimum Gasteiger partial charge on any atom is -0.490 e. The third kappa shape index (κ3) is 4.79. The normalized spacial score (nSPS) is 10.4. The zero-order valence-electron chi connectivity index (χ0n) is 15.7. The lowest BCUT2D eigenvalue weighted by Crippen LogP contribution is -2.30. The Labute approximate surface area is 160 Å². The van der Waals surface area contributed by atoms with Gasteiger partial charge in [0.1, 0.15) is 0 Å². The Hall–Kier alpha value is -3.10. The van der Waals surface area contributed by atoms with E-state index in [1.807, 2.05) is 0 Å². The van der Waals surface area contributed by atoms with E-state index < -0.39 is 29.0 Å². The molecule has 0 saturated heterocycles. The van der Waals surface area contributed by atoms with Crippen molar-refractivity contribution in [2.24, 2.45) is 0 Å². The number of carbonyl (C=O) groups excluding carboxylic acids is 1. The second-order valence-corrected chi connectivity index (χ2v) is 5.40. The summed E-state index contributed by atoms with van der Waals surface area (Å²) in [4.78, 5) is 12.4. The first-order chi connectivity index (χ1) is 13.4. The van der Waals surface area contributed by atoms with E-state index in [0.717, 1.165) is 12.1 Å². The number of halogens is 3. The quantitative estimate of drug-likeness (QED) is 0.493. The molecule has 6 nitrogen and oxygen atoms in total. The highest BCUT2D eigenvalue weighted by Gasteiger charge is 2.19. The molecular weight excluding hydrogens is 377 g/mol. The lowest BCUT2D eigenvalue weighted by atomic mass is 10.1. The molecule has 2 N–H and O–H groups in total. The van der Waals surface area contributed by atoms with E-state index in [2.05, 4.69) is 10.9 Å². The van der Waals surface area contributed by atoms with E-state index in [0.29, 0.717) is 37.1 Å². The van der Waals surface area contributed by atoms with Crippen LogP contribution in [0, 0.1) is 17.5 Å². The predicted octanol–water partition coefficient (Wildman–Crippen LogP) is 4.06. The van der Waals surface area contributed by atoms with Gasteiger partial charge in [0.05, 0.1) is 25.5 Å². The summed E-state index contributed by atoms with van der Waals surface area (Å²) >= 11 is 0. The molecule has 0 aromatic heterocycles. The zero-order valence-corrected chi connectivity index (χ0v) is 15.7. The van der Waals surface area contributed by atoms with Gasteiger partial charge in [-0.25, -0.2) is 13.2 Å². The first-order valence-electron chi connectivity index (χ1n) is 8.69. The molecule has 0 saturated carbocycles. The number of nitrogens with one attached hydrogen (secondary N) is 2. The Bertz CT molecular complexity index is 819. The number of amides is 1. The highest BCUT2D eigenvalue weighted by atomic mass is 19.2. The van der Waals surface area contributed by atoms with Gasteiger partial charge >= 0.3 is 0 Å². The molecule has 0 radical (unpaired) electrons. The van der Waals surface area contributed by atoms with Crippen molar-refractivity contribution in [1.29, 1.82) is 0 Å². The fraction of sp³-hybridized carbons (Fsp3) is 0.316. The Kier molecular flexibility index (Phi) is 7.36. The summed E-state index contributed by atoms with van der Waals surface area (Å²) in [5.74, 6) is -4.12. The van der Waals surface area contributed by atoms with Crippen LogP contribution >= 0.6 is 0 Å². The number of hydrogen-bond donors (Lipinski definition) is 2. The monoisotopic (exact) mass is 398 g/mol. The molecule has 0 bridgehead atoms. The fourth-order valence-corrected chi connectivity index (χ4v) is 2.34. The highest BCUT2D eigenvalue weighted by molar-refractivity contribution is 5.96. The topological polar surface area (TPSA) is 68.8 Å². The van der Waals surface area contributed by atoms with Crippen molar-refractivity contribution in [2.45, 2.75) is 20.8 Å². The van der Waals surface area contributed by atoms with Crippen LogP contribution < -0.4 is 25.1 Å². The smallest absolute Gasteiger partial charge is 0.269 e. The van der Waals surface area contributed by atoms with Crippen LogP contribution in [-0.2, 0) is 0 Å². The molecule has 0 spiro atoms. The number of anilines is 1. The molecule has 0 aliphatic carbocycles. The van der Waals surface area contributed by atoms with Gasteiger partial charge < -0.3 is 14.2 Å². The SMILES string of the molecule is CCOc1cc(C(=O)NNc2ccc(F)c(F)c2F)cc(OCC)c1OCC. The molecule has 1 amide bonds. The molecule has 0 fully saturated rings. The van der Waals surface area contributed by atoms with Crippen LogP contribution in [0.3, 0.4) is 0 Å². The third-order valence-corrected chi connectivity index (χ3v) is 3.52. The van der Waals surface area contributed by atoms with Gasteiger partial charge in [0.25, 0.3) is 5.91 Å². The Morgan fingerprint density at radius 1 is 0.893 bits per heavy atom. The van der Waals surface area contributed by atoms with Crippen molar-refractivity contribution in [3.05, 3.63) is 47.3 Å². The lowest BCUT2D eigenvalue weighted by molar-refractivity contribution is 0.0961. The van der Waals surface area contributed by atoms with Crippen LogP contribution in [0.4, 0.5) is 18.9 Å². The van der Waals surface area contributed by atoms with Gasteiger partial charge in [0.15, 0.2) is 29.0 Å². The van der Waals surface area contributed by atoms with Crippen LogP contribution in [0.2, 0.25) is 0 Å². The summed E-state index contributed by atoms with van der Waals surface area (Å²) in [6.07, 6.45) is 0.